The zero-order valence-electron chi connectivity index (χ0n) is 11.0. The molecule has 2 aromatic rings. The van der Waals surface area contributed by atoms with Crippen LogP contribution in [0.1, 0.15) is 34.8 Å². The standard InChI is InChI=1S/C14H17N3OS/c1-16-7-4-13(15-16)11-3-2-6-17(9-11)14(18)12-5-8-19-10-12/h4-5,7-8,10-11H,2-3,6,9H2,1H3/t11-/m0/s1. The Bertz CT molecular complexity index is 561. The molecule has 5 heteroatoms. The molecule has 0 spiro atoms. The lowest BCUT2D eigenvalue weighted by atomic mass is 9.94. The number of aromatic nitrogens is 2. The maximum Gasteiger partial charge on any atom is 0.254 e. The first-order chi connectivity index (χ1) is 9.24. The second kappa shape index (κ2) is 5.17. The van der Waals surface area contributed by atoms with Crippen molar-refractivity contribution in [1.29, 1.82) is 0 Å². The van der Waals surface area contributed by atoms with Crippen molar-refractivity contribution in [3.05, 3.63) is 40.3 Å². The Kier molecular flexibility index (Phi) is 3.38. The van der Waals surface area contributed by atoms with Gasteiger partial charge in [-0.25, -0.2) is 0 Å². The molecule has 0 unspecified atom stereocenters. The summed E-state index contributed by atoms with van der Waals surface area (Å²) in [7, 11) is 1.93. The molecule has 1 atom stereocenters. The fraction of sp³-hybridized carbons (Fsp3) is 0.429. The Labute approximate surface area is 116 Å². The maximum atomic E-state index is 12.3. The lowest BCUT2D eigenvalue weighted by Crippen LogP contribution is -2.39. The van der Waals surface area contributed by atoms with Crippen molar-refractivity contribution in [2.45, 2.75) is 18.8 Å². The Morgan fingerprint density at radius 1 is 1.47 bits per heavy atom. The summed E-state index contributed by atoms with van der Waals surface area (Å²) < 4.78 is 1.83. The van der Waals surface area contributed by atoms with Crippen LogP contribution in [0.3, 0.4) is 0 Å². The molecule has 4 nitrogen and oxygen atoms in total. The molecule has 1 aliphatic heterocycles. The van der Waals surface area contributed by atoms with Crippen LogP contribution < -0.4 is 0 Å². The van der Waals surface area contributed by atoms with Crippen molar-refractivity contribution >= 4 is 17.2 Å². The SMILES string of the molecule is Cn1ccc([C@H]2CCCN(C(=O)c3ccsc3)C2)n1. The minimum Gasteiger partial charge on any atom is -0.338 e. The van der Waals surface area contributed by atoms with Gasteiger partial charge in [-0.15, -0.1) is 0 Å². The summed E-state index contributed by atoms with van der Waals surface area (Å²) in [6.07, 6.45) is 4.14. The van der Waals surface area contributed by atoms with Crippen molar-refractivity contribution in [3.8, 4) is 0 Å². The molecule has 0 radical (unpaired) electrons. The van der Waals surface area contributed by atoms with E-state index in [1.54, 1.807) is 11.3 Å². The molecule has 19 heavy (non-hydrogen) atoms. The second-order valence-electron chi connectivity index (χ2n) is 5.02. The van der Waals surface area contributed by atoms with Gasteiger partial charge in [0.15, 0.2) is 0 Å². The molecule has 2 aromatic heterocycles. The summed E-state index contributed by atoms with van der Waals surface area (Å²) in [4.78, 5) is 14.3. The zero-order valence-corrected chi connectivity index (χ0v) is 11.8. The van der Waals surface area contributed by atoms with Crippen LogP contribution >= 0.6 is 11.3 Å². The lowest BCUT2D eigenvalue weighted by Gasteiger charge is -2.31. The number of amides is 1. The number of likely N-dealkylation sites (tertiary alicyclic amines) is 1. The topological polar surface area (TPSA) is 38.1 Å². The highest BCUT2D eigenvalue weighted by molar-refractivity contribution is 7.08. The van der Waals surface area contributed by atoms with E-state index in [2.05, 4.69) is 11.2 Å². The van der Waals surface area contributed by atoms with Gasteiger partial charge >= 0.3 is 0 Å². The summed E-state index contributed by atoms with van der Waals surface area (Å²) in [5.41, 5.74) is 1.91. The minimum atomic E-state index is 0.155. The molecule has 0 aliphatic carbocycles. The third-order valence-corrected chi connectivity index (χ3v) is 4.31. The molecule has 0 N–H and O–H groups in total. The maximum absolute atomic E-state index is 12.3. The highest BCUT2D eigenvalue weighted by atomic mass is 32.1. The zero-order chi connectivity index (χ0) is 13.2. The number of hydrogen-bond acceptors (Lipinski definition) is 3. The number of hydrogen-bond donors (Lipinski definition) is 0. The lowest BCUT2D eigenvalue weighted by molar-refractivity contribution is 0.0706. The fourth-order valence-electron chi connectivity index (χ4n) is 2.62. The molecule has 3 rings (SSSR count). The third kappa shape index (κ3) is 2.56. The number of thiophene rings is 1. The highest BCUT2D eigenvalue weighted by Gasteiger charge is 2.26. The summed E-state index contributed by atoms with van der Waals surface area (Å²) in [5.74, 6) is 0.527. The number of rotatable bonds is 2. The highest BCUT2D eigenvalue weighted by Crippen LogP contribution is 2.26. The number of piperidine rings is 1. The molecule has 3 heterocycles. The van der Waals surface area contributed by atoms with Crippen LogP contribution in [0, 0.1) is 0 Å². The van der Waals surface area contributed by atoms with Crippen LogP contribution in [0.5, 0.6) is 0 Å². The van der Waals surface area contributed by atoms with Crippen LogP contribution in [0.15, 0.2) is 29.1 Å². The monoisotopic (exact) mass is 275 g/mol. The van der Waals surface area contributed by atoms with Crippen LogP contribution in [0.2, 0.25) is 0 Å². The van der Waals surface area contributed by atoms with Crippen LogP contribution in [-0.2, 0) is 7.05 Å². The van der Waals surface area contributed by atoms with Gasteiger partial charge in [0.1, 0.15) is 0 Å². The molecule has 1 amide bonds. The van der Waals surface area contributed by atoms with Gasteiger partial charge < -0.3 is 4.90 Å². The molecule has 0 bridgehead atoms. The second-order valence-corrected chi connectivity index (χ2v) is 5.80. The fourth-order valence-corrected chi connectivity index (χ4v) is 3.25. The Hall–Kier alpha value is -1.62. The molecule has 1 fully saturated rings. The number of carbonyl (C=O) groups excluding carboxylic acids is 1. The van der Waals surface area contributed by atoms with Crippen LogP contribution in [0.4, 0.5) is 0 Å². The average Bonchev–Trinajstić information content (AvgIpc) is 3.09. The quantitative estimate of drug-likeness (QED) is 0.844. The van der Waals surface area contributed by atoms with E-state index in [0.29, 0.717) is 5.92 Å². The van der Waals surface area contributed by atoms with Crippen molar-refractivity contribution in [2.75, 3.05) is 13.1 Å². The molecular formula is C14H17N3OS. The van der Waals surface area contributed by atoms with Crippen LogP contribution in [-0.4, -0.2) is 33.7 Å². The Morgan fingerprint density at radius 3 is 3.05 bits per heavy atom. The molecule has 0 aromatic carbocycles. The van der Waals surface area contributed by atoms with E-state index in [1.807, 2.05) is 39.7 Å². The van der Waals surface area contributed by atoms with E-state index in [-0.39, 0.29) is 5.91 Å². The van der Waals surface area contributed by atoms with Crippen molar-refractivity contribution in [1.82, 2.24) is 14.7 Å². The average molecular weight is 275 g/mol. The number of carbonyl (C=O) groups is 1. The summed E-state index contributed by atoms with van der Waals surface area (Å²) in [6, 6.07) is 3.96. The molecule has 0 saturated carbocycles. The van der Waals surface area contributed by atoms with Crippen LogP contribution in [0.25, 0.3) is 0 Å². The van der Waals surface area contributed by atoms with Gasteiger partial charge in [0, 0.05) is 37.6 Å². The Balaban J connectivity index is 1.73. The van der Waals surface area contributed by atoms with E-state index in [9.17, 15) is 4.79 Å². The van der Waals surface area contributed by atoms with Gasteiger partial charge in [-0.1, -0.05) is 0 Å². The van der Waals surface area contributed by atoms with Gasteiger partial charge in [0.2, 0.25) is 0 Å². The predicted octanol–water partition coefficient (Wildman–Crippen LogP) is 2.50. The van der Waals surface area contributed by atoms with E-state index >= 15 is 0 Å². The first-order valence-electron chi connectivity index (χ1n) is 6.55. The van der Waals surface area contributed by atoms with E-state index < -0.39 is 0 Å². The normalized spacial score (nSPS) is 19.6. The van der Waals surface area contributed by atoms with Gasteiger partial charge in [0.05, 0.1) is 11.3 Å². The van der Waals surface area contributed by atoms with Crippen molar-refractivity contribution < 1.29 is 4.79 Å². The molecular weight excluding hydrogens is 258 g/mol. The van der Waals surface area contributed by atoms with Gasteiger partial charge in [0.25, 0.3) is 5.91 Å². The first kappa shape index (κ1) is 12.4. The van der Waals surface area contributed by atoms with Gasteiger partial charge in [-0.05, 0) is 30.4 Å². The van der Waals surface area contributed by atoms with Crippen molar-refractivity contribution in [3.63, 3.8) is 0 Å². The summed E-state index contributed by atoms with van der Waals surface area (Å²) in [5, 5.41) is 8.35. The largest absolute Gasteiger partial charge is 0.338 e. The van der Waals surface area contributed by atoms with E-state index in [1.165, 1.54) is 0 Å². The summed E-state index contributed by atoms with van der Waals surface area (Å²) >= 11 is 1.57. The van der Waals surface area contributed by atoms with Crippen molar-refractivity contribution in [2.24, 2.45) is 7.05 Å². The Morgan fingerprint density at radius 2 is 2.37 bits per heavy atom. The van der Waals surface area contributed by atoms with E-state index in [0.717, 1.165) is 37.2 Å². The minimum absolute atomic E-state index is 0.155. The summed E-state index contributed by atoms with van der Waals surface area (Å²) in [6.45, 7) is 1.64. The predicted molar refractivity (Wildman–Crippen MR) is 75.4 cm³/mol. The third-order valence-electron chi connectivity index (χ3n) is 3.63. The van der Waals surface area contributed by atoms with Gasteiger partial charge in [-0.3, -0.25) is 9.48 Å². The van der Waals surface area contributed by atoms with E-state index in [4.69, 9.17) is 0 Å². The smallest absolute Gasteiger partial charge is 0.254 e. The number of aryl methyl sites for hydroxylation is 1. The molecule has 1 aliphatic rings. The number of nitrogens with zero attached hydrogens (tertiary/aromatic N) is 3. The molecule has 100 valence electrons. The molecule has 1 saturated heterocycles. The van der Waals surface area contributed by atoms with Gasteiger partial charge in [-0.2, -0.15) is 16.4 Å². The first-order valence-corrected chi connectivity index (χ1v) is 7.49.